The Hall–Kier alpha value is -2.22. The van der Waals surface area contributed by atoms with E-state index in [1.54, 1.807) is 0 Å². The van der Waals surface area contributed by atoms with Crippen LogP contribution in [0.4, 0.5) is 0 Å². The first-order chi connectivity index (χ1) is 12.7. The van der Waals surface area contributed by atoms with Gasteiger partial charge in [0.2, 0.25) is 0 Å². The van der Waals surface area contributed by atoms with Crippen molar-refractivity contribution in [2.24, 2.45) is 0 Å². The molecule has 1 amide bonds. The molecule has 0 atom stereocenters. The summed E-state index contributed by atoms with van der Waals surface area (Å²) in [5.41, 5.74) is 2.95. The first-order valence-electron chi connectivity index (χ1n) is 8.84. The lowest BCUT2D eigenvalue weighted by Gasteiger charge is -2.26. The highest BCUT2D eigenvalue weighted by Crippen LogP contribution is 2.26. The van der Waals surface area contributed by atoms with E-state index in [2.05, 4.69) is 15.2 Å². The molecule has 4 rings (SSSR count). The van der Waals surface area contributed by atoms with Gasteiger partial charge in [0.15, 0.2) is 4.96 Å². The van der Waals surface area contributed by atoms with Crippen LogP contribution in [0.15, 0.2) is 36.5 Å². The largest absolute Gasteiger partial charge is 0.379 e. The molecule has 1 aliphatic heterocycles. The number of fused-ring (bicyclic) bond motifs is 1. The van der Waals surface area contributed by atoms with Crippen LogP contribution in [0.5, 0.6) is 0 Å². The lowest BCUT2D eigenvalue weighted by Crippen LogP contribution is -2.41. The van der Waals surface area contributed by atoms with Crippen LogP contribution in [0, 0.1) is 6.92 Å². The number of hydrogen-bond acceptors (Lipinski definition) is 5. The fourth-order valence-electron chi connectivity index (χ4n) is 3.14. The Bertz CT molecular complexity index is 897. The minimum atomic E-state index is -0.0208. The average molecular weight is 370 g/mol. The highest BCUT2D eigenvalue weighted by molar-refractivity contribution is 7.19. The van der Waals surface area contributed by atoms with Crippen molar-refractivity contribution in [2.75, 3.05) is 39.4 Å². The number of thiazole rings is 1. The predicted octanol–water partition coefficient (Wildman–Crippen LogP) is 2.43. The van der Waals surface area contributed by atoms with E-state index in [1.807, 2.05) is 47.9 Å². The molecule has 0 bridgehead atoms. The summed E-state index contributed by atoms with van der Waals surface area (Å²) < 4.78 is 7.35. The molecule has 0 unspecified atom stereocenters. The zero-order valence-electron chi connectivity index (χ0n) is 14.8. The third-order valence-corrected chi connectivity index (χ3v) is 5.81. The van der Waals surface area contributed by atoms with E-state index in [0.717, 1.165) is 59.6 Å². The van der Waals surface area contributed by atoms with Gasteiger partial charge in [-0.15, -0.1) is 0 Å². The van der Waals surface area contributed by atoms with Gasteiger partial charge in [-0.25, -0.2) is 4.98 Å². The topological polar surface area (TPSA) is 58.9 Å². The molecule has 3 aromatic rings. The maximum atomic E-state index is 12.5. The van der Waals surface area contributed by atoms with Gasteiger partial charge in [-0.2, -0.15) is 0 Å². The summed E-state index contributed by atoms with van der Waals surface area (Å²) in [5, 5.41) is 3.03. The lowest BCUT2D eigenvalue weighted by molar-refractivity contribution is 0.0383. The Kier molecular flexibility index (Phi) is 5.01. The minimum Gasteiger partial charge on any atom is -0.379 e. The highest BCUT2D eigenvalue weighted by Gasteiger charge is 2.18. The number of carbonyl (C=O) groups excluding carboxylic acids is 1. The summed E-state index contributed by atoms with van der Waals surface area (Å²) >= 11 is 1.44. The molecular weight excluding hydrogens is 348 g/mol. The number of morpholine rings is 1. The second-order valence-corrected chi connectivity index (χ2v) is 7.35. The van der Waals surface area contributed by atoms with E-state index in [9.17, 15) is 4.79 Å². The van der Waals surface area contributed by atoms with Gasteiger partial charge < -0.3 is 10.1 Å². The van der Waals surface area contributed by atoms with Gasteiger partial charge in [0.1, 0.15) is 4.88 Å². The van der Waals surface area contributed by atoms with Gasteiger partial charge in [0, 0.05) is 43.6 Å². The van der Waals surface area contributed by atoms with Gasteiger partial charge in [0.25, 0.3) is 5.91 Å². The normalized spacial score (nSPS) is 15.4. The van der Waals surface area contributed by atoms with Crippen LogP contribution < -0.4 is 5.32 Å². The number of nitrogens with one attached hydrogen (secondary N) is 1. The van der Waals surface area contributed by atoms with Gasteiger partial charge in [-0.05, 0) is 6.92 Å². The fourth-order valence-corrected chi connectivity index (χ4v) is 4.17. The van der Waals surface area contributed by atoms with E-state index in [0.29, 0.717) is 6.54 Å². The molecule has 1 saturated heterocycles. The van der Waals surface area contributed by atoms with E-state index in [1.165, 1.54) is 11.3 Å². The summed E-state index contributed by atoms with van der Waals surface area (Å²) in [4.78, 5) is 21.1. The summed E-state index contributed by atoms with van der Waals surface area (Å²) in [6.07, 6.45) is 2.00. The second kappa shape index (κ2) is 7.57. The van der Waals surface area contributed by atoms with Gasteiger partial charge in [-0.1, -0.05) is 41.7 Å². The molecule has 1 aliphatic rings. The Balaban J connectivity index is 1.44. The number of rotatable bonds is 5. The van der Waals surface area contributed by atoms with E-state index in [4.69, 9.17) is 4.74 Å². The third kappa shape index (κ3) is 3.51. The van der Waals surface area contributed by atoms with Crippen LogP contribution >= 0.6 is 11.3 Å². The number of ether oxygens (including phenoxy) is 1. The standard InChI is InChI=1S/C19H22N4O2S/c1-14-17(18(24)20-7-8-22-9-11-25-12-10-22)26-19-21-16(13-23(14)19)15-5-3-2-4-6-15/h2-6,13H,7-12H2,1H3,(H,20,24). The predicted molar refractivity (Wildman–Crippen MR) is 103 cm³/mol. The molecule has 0 aliphatic carbocycles. The molecule has 0 saturated carbocycles. The van der Waals surface area contributed by atoms with Crippen molar-refractivity contribution >= 4 is 22.2 Å². The molecule has 3 heterocycles. The molecule has 1 aromatic carbocycles. The van der Waals surface area contributed by atoms with Crippen molar-refractivity contribution in [1.82, 2.24) is 19.6 Å². The number of imidazole rings is 1. The second-order valence-electron chi connectivity index (χ2n) is 6.37. The number of benzene rings is 1. The zero-order chi connectivity index (χ0) is 17.9. The Morgan fingerprint density at radius 3 is 2.77 bits per heavy atom. The zero-order valence-corrected chi connectivity index (χ0v) is 15.6. The summed E-state index contributed by atoms with van der Waals surface area (Å²) in [5.74, 6) is -0.0208. The molecule has 136 valence electrons. The van der Waals surface area contributed by atoms with Crippen LogP contribution in [0.25, 0.3) is 16.2 Å². The summed E-state index contributed by atoms with van der Waals surface area (Å²) in [7, 11) is 0. The number of amides is 1. The molecule has 1 fully saturated rings. The number of aromatic nitrogens is 2. The SMILES string of the molecule is Cc1c(C(=O)NCCN2CCOCC2)sc2nc(-c3ccccc3)cn12. The number of hydrogen-bond donors (Lipinski definition) is 1. The Morgan fingerprint density at radius 1 is 1.27 bits per heavy atom. The van der Waals surface area contributed by atoms with E-state index >= 15 is 0 Å². The third-order valence-electron chi connectivity index (χ3n) is 4.65. The van der Waals surface area contributed by atoms with Crippen molar-refractivity contribution in [1.29, 1.82) is 0 Å². The Morgan fingerprint density at radius 2 is 2.04 bits per heavy atom. The van der Waals surface area contributed by atoms with Crippen molar-refractivity contribution < 1.29 is 9.53 Å². The first-order valence-corrected chi connectivity index (χ1v) is 9.66. The molecular formula is C19H22N4O2S. The van der Waals surface area contributed by atoms with Crippen molar-refractivity contribution in [2.45, 2.75) is 6.92 Å². The number of nitrogens with zero attached hydrogens (tertiary/aromatic N) is 3. The van der Waals surface area contributed by atoms with Crippen LogP contribution in [0.3, 0.4) is 0 Å². The minimum absolute atomic E-state index is 0.0208. The van der Waals surface area contributed by atoms with Crippen molar-refractivity contribution in [3.05, 3.63) is 47.1 Å². The van der Waals surface area contributed by atoms with Gasteiger partial charge >= 0.3 is 0 Å². The molecule has 6 nitrogen and oxygen atoms in total. The maximum Gasteiger partial charge on any atom is 0.263 e. The van der Waals surface area contributed by atoms with Gasteiger partial charge in [0.05, 0.1) is 18.9 Å². The molecule has 26 heavy (non-hydrogen) atoms. The van der Waals surface area contributed by atoms with Crippen LogP contribution in [0.2, 0.25) is 0 Å². The van der Waals surface area contributed by atoms with E-state index in [-0.39, 0.29) is 5.91 Å². The van der Waals surface area contributed by atoms with Crippen molar-refractivity contribution in [3.8, 4) is 11.3 Å². The number of aryl methyl sites for hydroxylation is 1. The first kappa shape index (κ1) is 17.2. The Labute approximate surface area is 156 Å². The molecule has 0 radical (unpaired) electrons. The quantitative estimate of drug-likeness (QED) is 0.749. The summed E-state index contributed by atoms with van der Waals surface area (Å²) in [6, 6.07) is 10.1. The monoisotopic (exact) mass is 370 g/mol. The van der Waals surface area contributed by atoms with Gasteiger partial charge in [-0.3, -0.25) is 14.1 Å². The number of carbonyl (C=O) groups is 1. The maximum absolute atomic E-state index is 12.5. The van der Waals surface area contributed by atoms with Crippen LogP contribution in [0.1, 0.15) is 15.4 Å². The fraction of sp³-hybridized carbons (Fsp3) is 0.368. The smallest absolute Gasteiger partial charge is 0.263 e. The van der Waals surface area contributed by atoms with Crippen LogP contribution in [-0.4, -0.2) is 59.6 Å². The van der Waals surface area contributed by atoms with Crippen molar-refractivity contribution in [3.63, 3.8) is 0 Å². The molecule has 0 spiro atoms. The average Bonchev–Trinajstić information content (AvgIpc) is 3.23. The van der Waals surface area contributed by atoms with Crippen LogP contribution in [-0.2, 0) is 4.74 Å². The molecule has 7 heteroatoms. The molecule has 2 aromatic heterocycles. The van der Waals surface area contributed by atoms with E-state index < -0.39 is 0 Å². The molecule has 1 N–H and O–H groups in total. The lowest BCUT2D eigenvalue weighted by atomic mass is 10.2. The summed E-state index contributed by atoms with van der Waals surface area (Å²) in [6.45, 7) is 6.89. The highest BCUT2D eigenvalue weighted by atomic mass is 32.1.